The number of carbonyl (C=O) groups is 1. The number of thiazole rings is 1. The van der Waals surface area contributed by atoms with Crippen LogP contribution in [0.5, 0.6) is 5.75 Å². The first-order valence-corrected chi connectivity index (χ1v) is 12.2. The summed E-state index contributed by atoms with van der Waals surface area (Å²) in [5.41, 5.74) is 3.64. The molecule has 1 unspecified atom stereocenters. The Hall–Kier alpha value is -2.74. The Labute approximate surface area is 200 Å². The lowest BCUT2D eigenvalue weighted by atomic mass is 9.82. The van der Waals surface area contributed by atoms with E-state index in [9.17, 15) is 4.79 Å². The molecule has 1 fully saturated rings. The van der Waals surface area contributed by atoms with E-state index in [-0.39, 0.29) is 11.3 Å². The third-order valence-corrected chi connectivity index (χ3v) is 7.18. The number of benzene rings is 2. The van der Waals surface area contributed by atoms with Crippen molar-refractivity contribution in [3.8, 4) is 5.75 Å². The van der Waals surface area contributed by atoms with E-state index in [1.54, 1.807) is 7.11 Å². The molecule has 174 valence electrons. The van der Waals surface area contributed by atoms with Crippen molar-refractivity contribution in [3.63, 3.8) is 0 Å². The van der Waals surface area contributed by atoms with Gasteiger partial charge in [0.05, 0.1) is 12.8 Å². The van der Waals surface area contributed by atoms with Gasteiger partial charge in [-0.15, -0.1) is 11.3 Å². The number of aromatic nitrogens is 1. The number of ether oxygens (including phenoxy) is 1. The summed E-state index contributed by atoms with van der Waals surface area (Å²) >= 11 is 1.45. The van der Waals surface area contributed by atoms with Crippen LogP contribution < -0.4 is 15.4 Å². The molecule has 0 saturated carbocycles. The Morgan fingerprint density at radius 1 is 1.21 bits per heavy atom. The largest absolute Gasteiger partial charge is 0.497 e. The molecule has 2 heterocycles. The summed E-state index contributed by atoms with van der Waals surface area (Å²) in [4.78, 5) is 20.0. The maximum atomic E-state index is 12.8. The highest BCUT2D eigenvalue weighted by atomic mass is 32.1. The van der Waals surface area contributed by atoms with E-state index in [4.69, 9.17) is 9.72 Å². The van der Waals surface area contributed by atoms with Crippen LogP contribution in [0.15, 0.2) is 53.9 Å². The maximum absolute atomic E-state index is 12.8. The van der Waals surface area contributed by atoms with Crippen LogP contribution in [0.3, 0.4) is 0 Å². The number of nitrogens with zero attached hydrogens (tertiary/aromatic N) is 2. The van der Waals surface area contributed by atoms with Gasteiger partial charge in [0.2, 0.25) is 0 Å². The van der Waals surface area contributed by atoms with Gasteiger partial charge in [0.1, 0.15) is 5.75 Å². The molecule has 2 N–H and O–H groups in total. The fourth-order valence-corrected chi connectivity index (χ4v) is 4.93. The zero-order chi connectivity index (χ0) is 23.4. The fourth-order valence-electron chi connectivity index (χ4n) is 4.06. The van der Waals surface area contributed by atoms with Crippen LogP contribution in [0.4, 0.5) is 5.13 Å². The van der Waals surface area contributed by atoms with Crippen LogP contribution in [0, 0.1) is 0 Å². The van der Waals surface area contributed by atoms with Gasteiger partial charge in [0.15, 0.2) is 5.13 Å². The van der Waals surface area contributed by atoms with Crippen molar-refractivity contribution in [3.05, 3.63) is 76.3 Å². The average molecular weight is 465 g/mol. The second-order valence-corrected chi connectivity index (χ2v) is 9.92. The molecule has 6 nitrogen and oxygen atoms in total. The SMILES string of the molecule is COc1ccc(C(C)(C)c2csc(NC(=O)c3ccc(CN4CCNCC4C)cc3)n2)cc1. The summed E-state index contributed by atoms with van der Waals surface area (Å²) in [7, 11) is 1.66. The van der Waals surface area contributed by atoms with Crippen LogP contribution in [0.1, 0.15) is 48.0 Å². The minimum absolute atomic E-state index is 0.139. The van der Waals surface area contributed by atoms with E-state index >= 15 is 0 Å². The first-order chi connectivity index (χ1) is 15.9. The maximum Gasteiger partial charge on any atom is 0.257 e. The van der Waals surface area contributed by atoms with Crippen LogP contribution in [0.25, 0.3) is 0 Å². The Morgan fingerprint density at radius 2 is 1.94 bits per heavy atom. The van der Waals surface area contributed by atoms with Gasteiger partial charge in [-0.2, -0.15) is 0 Å². The molecular formula is C26H32N4O2S. The zero-order valence-corrected chi connectivity index (χ0v) is 20.5. The fraction of sp³-hybridized carbons (Fsp3) is 0.385. The van der Waals surface area contributed by atoms with Gasteiger partial charge in [-0.05, 0) is 42.3 Å². The minimum Gasteiger partial charge on any atom is -0.497 e. The van der Waals surface area contributed by atoms with E-state index in [0.717, 1.165) is 43.2 Å². The zero-order valence-electron chi connectivity index (χ0n) is 19.7. The highest BCUT2D eigenvalue weighted by molar-refractivity contribution is 7.14. The van der Waals surface area contributed by atoms with Crippen LogP contribution >= 0.6 is 11.3 Å². The van der Waals surface area contributed by atoms with Gasteiger partial charge in [0.25, 0.3) is 5.91 Å². The van der Waals surface area contributed by atoms with E-state index in [1.807, 2.05) is 41.8 Å². The van der Waals surface area contributed by atoms with Crippen molar-refractivity contribution < 1.29 is 9.53 Å². The molecule has 1 aliphatic heterocycles. The van der Waals surface area contributed by atoms with Crippen molar-refractivity contribution in [1.82, 2.24) is 15.2 Å². The quantitative estimate of drug-likeness (QED) is 0.538. The molecule has 4 rings (SSSR count). The van der Waals surface area contributed by atoms with Gasteiger partial charge < -0.3 is 10.1 Å². The monoisotopic (exact) mass is 464 g/mol. The summed E-state index contributed by atoms with van der Waals surface area (Å²) in [5, 5.41) is 8.99. The first-order valence-electron chi connectivity index (χ1n) is 11.3. The topological polar surface area (TPSA) is 66.5 Å². The lowest BCUT2D eigenvalue weighted by molar-refractivity contribution is 0.102. The number of piperazine rings is 1. The smallest absolute Gasteiger partial charge is 0.257 e. The Kier molecular flexibility index (Phi) is 7.12. The molecule has 1 aromatic heterocycles. The normalized spacial score (nSPS) is 17.0. The second kappa shape index (κ2) is 10.0. The van der Waals surface area contributed by atoms with Crippen molar-refractivity contribution in [2.75, 3.05) is 32.1 Å². The van der Waals surface area contributed by atoms with Gasteiger partial charge in [0, 0.05) is 48.6 Å². The third kappa shape index (κ3) is 5.43. The molecule has 0 bridgehead atoms. The number of amides is 1. The molecule has 0 radical (unpaired) electrons. The molecule has 1 aliphatic rings. The molecule has 1 saturated heterocycles. The lowest BCUT2D eigenvalue weighted by Crippen LogP contribution is -2.49. The van der Waals surface area contributed by atoms with Crippen molar-refractivity contribution >= 4 is 22.4 Å². The van der Waals surface area contributed by atoms with Gasteiger partial charge in [-0.1, -0.05) is 38.1 Å². The van der Waals surface area contributed by atoms with E-state index in [0.29, 0.717) is 16.7 Å². The molecular weight excluding hydrogens is 432 g/mol. The molecule has 1 amide bonds. The van der Waals surface area contributed by atoms with Gasteiger partial charge >= 0.3 is 0 Å². The molecule has 0 spiro atoms. The summed E-state index contributed by atoms with van der Waals surface area (Å²) in [6.07, 6.45) is 0. The van der Waals surface area contributed by atoms with E-state index < -0.39 is 0 Å². The number of anilines is 1. The number of carbonyl (C=O) groups excluding carboxylic acids is 1. The molecule has 7 heteroatoms. The Balaban J connectivity index is 1.39. The van der Waals surface area contributed by atoms with Crippen molar-refractivity contribution in [2.45, 2.75) is 38.8 Å². The summed E-state index contributed by atoms with van der Waals surface area (Å²) in [6.45, 7) is 10.5. The molecule has 33 heavy (non-hydrogen) atoms. The van der Waals surface area contributed by atoms with Crippen molar-refractivity contribution in [2.24, 2.45) is 0 Å². The minimum atomic E-state index is -0.283. The lowest BCUT2D eigenvalue weighted by Gasteiger charge is -2.33. The highest BCUT2D eigenvalue weighted by Gasteiger charge is 2.26. The summed E-state index contributed by atoms with van der Waals surface area (Å²) in [6, 6.07) is 16.4. The predicted octanol–water partition coefficient (Wildman–Crippen LogP) is 4.52. The highest BCUT2D eigenvalue weighted by Crippen LogP contribution is 2.34. The predicted molar refractivity (Wildman–Crippen MR) is 134 cm³/mol. The van der Waals surface area contributed by atoms with Crippen LogP contribution in [-0.4, -0.2) is 48.6 Å². The third-order valence-electron chi connectivity index (χ3n) is 6.42. The number of methoxy groups -OCH3 is 1. The van der Waals surface area contributed by atoms with Gasteiger partial charge in [-0.25, -0.2) is 4.98 Å². The van der Waals surface area contributed by atoms with Crippen LogP contribution in [0.2, 0.25) is 0 Å². The molecule has 1 atom stereocenters. The Bertz CT molecular complexity index is 1080. The van der Waals surface area contributed by atoms with E-state index in [1.165, 1.54) is 16.9 Å². The van der Waals surface area contributed by atoms with Gasteiger partial charge in [-0.3, -0.25) is 15.0 Å². The van der Waals surface area contributed by atoms with E-state index in [2.05, 4.69) is 48.4 Å². The molecule has 0 aliphatic carbocycles. The number of nitrogens with one attached hydrogen (secondary N) is 2. The first kappa shape index (κ1) is 23.4. The van der Waals surface area contributed by atoms with Crippen LogP contribution in [-0.2, 0) is 12.0 Å². The molecule has 3 aromatic rings. The molecule has 2 aromatic carbocycles. The summed E-state index contributed by atoms with van der Waals surface area (Å²) < 4.78 is 5.26. The second-order valence-electron chi connectivity index (χ2n) is 9.07. The average Bonchev–Trinajstić information content (AvgIpc) is 3.30. The Morgan fingerprint density at radius 3 is 2.61 bits per heavy atom. The number of hydrogen-bond acceptors (Lipinski definition) is 6. The summed E-state index contributed by atoms with van der Waals surface area (Å²) in [5.74, 6) is 0.689. The number of rotatable bonds is 7. The standard InChI is InChI=1S/C26H32N4O2S/c1-18-15-27-13-14-30(18)16-19-5-7-20(8-6-19)24(31)29-25-28-23(17-33-25)26(2,3)21-9-11-22(32-4)12-10-21/h5-12,17-18,27H,13-16H2,1-4H3,(H,28,29,31). The number of hydrogen-bond donors (Lipinski definition) is 2. The van der Waals surface area contributed by atoms with Crippen molar-refractivity contribution in [1.29, 1.82) is 0 Å².